The summed E-state index contributed by atoms with van der Waals surface area (Å²) in [6.07, 6.45) is 2.07. The molecule has 3 unspecified atom stereocenters. The Balaban J connectivity index is 1.98. The van der Waals surface area contributed by atoms with E-state index in [0.717, 1.165) is 32.1 Å². The highest BCUT2D eigenvalue weighted by Gasteiger charge is 2.23. The second-order valence-electron chi connectivity index (χ2n) is 6.18. The van der Waals surface area contributed by atoms with Crippen LogP contribution in [0.25, 0.3) is 0 Å². The van der Waals surface area contributed by atoms with Crippen molar-refractivity contribution in [1.82, 2.24) is 10.2 Å². The van der Waals surface area contributed by atoms with Gasteiger partial charge in [-0.05, 0) is 44.7 Å². The Morgan fingerprint density at radius 2 is 1.91 bits per heavy atom. The summed E-state index contributed by atoms with van der Waals surface area (Å²) in [5.74, 6) is 0.956. The number of nitrogens with one attached hydrogen (secondary N) is 1. The third-order valence-corrected chi connectivity index (χ3v) is 5.54. The molecule has 0 aromatic heterocycles. The SMILES string of the molecule is COc1cc(C(C)NC(C)C(C)N2CCOCC2)ccc1SC. The number of ether oxygens (including phenoxy) is 2. The average Bonchev–Trinajstić information content (AvgIpc) is 2.60. The molecule has 1 saturated heterocycles. The predicted octanol–water partition coefficient (Wildman–Crippen LogP) is 3.18. The first-order valence-corrected chi connectivity index (χ1v) is 9.59. The van der Waals surface area contributed by atoms with Crippen molar-refractivity contribution in [2.45, 2.75) is 43.8 Å². The molecule has 5 heteroatoms. The lowest BCUT2D eigenvalue weighted by atomic mass is 10.0. The summed E-state index contributed by atoms with van der Waals surface area (Å²) < 4.78 is 11.0. The first-order chi connectivity index (χ1) is 11.1. The summed E-state index contributed by atoms with van der Waals surface area (Å²) in [5, 5.41) is 3.74. The first kappa shape index (κ1) is 18.6. The molecule has 0 saturated carbocycles. The summed E-state index contributed by atoms with van der Waals surface area (Å²) in [6.45, 7) is 10.5. The van der Waals surface area contributed by atoms with Gasteiger partial charge in [-0.15, -0.1) is 11.8 Å². The molecular formula is C18H30N2O2S. The van der Waals surface area contributed by atoms with Gasteiger partial charge in [0.2, 0.25) is 0 Å². The lowest BCUT2D eigenvalue weighted by Gasteiger charge is -2.37. The standard InChI is InChI=1S/C18H30N2O2S/c1-13(15(3)20-8-10-22-11-9-20)19-14(2)16-6-7-18(23-5)17(12-16)21-4/h6-7,12-15,19H,8-11H2,1-5H3. The number of hydrogen-bond acceptors (Lipinski definition) is 5. The van der Waals surface area contributed by atoms with Crippen LogP contribution in [0.1, 0.15) is 32.4 Å². The topological polar surface area (TPSA) is 33.7 Å². The van der Waals surface area contributed by atoms with Gasteiger partial charge in [-0.3, -0.25) is 4.90 Å². The largest absolute Gasteiger partial charge is 0.496 e. The number of benzene rings is 1. The normalized spacial score (nSPS) is 20.0. The minimum atomic E-state index is 0.290. The monoisotopic (exact) mass is 338 g/mol. The molecule has 0 radical (unpaired) electrons. The highest BCUT2D eigenvalue weighted by molar-refractivity contribution is 7.98. The summed E-state index contributed by atoms with van der Waals surface area (Å²) in [4.78, 5) is 3.68. The van der Waals surface area contributed by atoms with Crippen LogP contribution < -0.4 is 10.1 Å². The van der Waals surface area contributed by atoms with Gasteiger partial charge in [-0.1, -0.05) is 6.07 Å². The molecule has 1 aromatic rings. The molecule has 0 amide bonds. The van der Waals surface area contributed by atoms with Crippen molar-refractivity contribution >= 4 is 11.8 Å². The highest BCUT2D eigenvalue weighted by Crippen LogP contribution is 2.30. The highest BCUT2D eigenvalue weighted by atomic mass is 32.2. The van der Waals surface area contributed by atoms with Crippen molar-refractivity contribution < 1.29 is 9.47 Å². The van der Waals surface area contributed by atoms with Gasteiger partial charge in [-0.2, -0.15) is 0 Å². The molecule has 0 aliphatic carbocycles. The van der Waals surface area contributed by atoms with Crippen LogP contribution in [-0.2, 0) is 4.74 Å². The fourth-order valence-electron chi connectivity index (χ4n) is 3.05. The molecule has 1 aromatic carbocycles. The van der Waals surface area contributed by atoms with E-state index in [1.807, 2.05) is 0 Å². The second kappa shape index (κ2) is 8.92. The van der Waals surface area contributed by atoms with Crippen molar-refractivity contribution in [1.29, 1.82) is 0 Å². The van der Waals surface area contributed by atoms with Crippen LogP contribution >= 0.6 is 11.8 Å². The maximum absolute atomic E-state index is 5.50. The van der Waals surface area contributed by atoms with Crippen molar-refractivity contribution in [2.75, 3.05) is 39.7 Å². The number of thioether (sulfide) groups is 1. The fourth-order valence-corrected chi connectivity index (χ4v) is 3.60. The van der Waals surface area contributed by atoms with Gasteiger partial charge in [0.05, 0.1) is 20.3 Å². The van der Waals surface area contributed by atoms with Gasteiger partial charge >= 0.3 is 0 Å². The van der Waals surface area contributed by atoms with Crippen LogP contribution in [0.15, 0.2) is 23.1 Å². The van der Waals surface area contributed by atoms with Gasteiger partial charge in [0.1, 0.15) is 5.75 Å². The molecule has 23 heavy (non-hydrogen) atoms. The van der Waals surface area contributed by atoms with Crippen molar-refractivity contribution in [3.8, 4) is 5.75 Å². The minimum absolute atomic E-state index is 0.290. The van der Waals surface area contributed by atoms with Crippen LogP contribution in [0.5, 0.6) is 5.75 Å². The molecule has 3 atom stereocenters. The Hall–Kier alpha value is -0.750. The van der Waals surface area contributed by atoms with E-state index in [2.05, 4.69) is 55.4 Å². The van der Waals surface area contributed by atoms with Gasteiger partial charge < -0.3 is 14.8 Å². The number of morpholine rings is 1. The molecule has 1 heterocycles. The number of rotatable bonds is 7. The zero-order chi connectivity index (χ0) is 16.8. The van der Waals surface area contributed by atoms with Crippen molar-refractivity contribution in [2.24, 2.45) is 0 Å². The smallest absolute Gasteiger partial charge is 0.132 e. The van der Waals surface area contributed by atoms with Crippen molar-refractivity contribution in [3.05, 3.63) is 23.8 Å². The van der Waals surface area contributed by atoms with Gasteiger partial charge in [0, 0.05) is 36.1 Å². The van der Waals surface area contributed by atoms with E-state index in [0.29, 0.717) is 18.1 Å². The van der Waals surface area contributed by atoms with Gasteiger partial charge in [0.15, 0.2) is 0 Å². The van der Waals surface area contributed by atoms with E-state index >= 15 is 0 Å². The Labute approximate surface area is 144 Å². The summed E-state index contributed by atoms with van der Waals surface area (Å²) in [7, 11) is 1.74. The van der Waals surface area contributed by atoms with Crippen molar-refractivity contribution in [3.63, 3.8) is 0 Å². The first-order valence-electron chi connectivity index (χ1n) is 8.36. The van der Waals surface area contributed by atoms with Crippen LogP contribution in [-0.4, -0.2) is 56.7 Å². The zero-order valence-corrected chi connectivity index (χ0v) is 15.8. The molecule has 1 N–H and O–H groups in total. The third-order valence-electron chi connectivity index (χ3n) is 4.77. The second-order valence-corrected chi connectivity index (χ2v) is 7.03. The molecule has 2 rings (SSSR count). The summed E-state index contributed by atoms with van der Waals surface area (Å²) in [5.41, 5.74) is 1.26. The molecule has 130 valence electrons. The van der Waals surface area contributed by atoms with E-state index in [-0.39, 0.29) is 0 Å². The maximum atomic E-state index is 5.50. The Bertz CT molecular complexity index is 492. The molecule has 1 fully saturated rings. The van der Waals surface area contributed by atoms with Gasteiger partial charge in [-0.25, -0.2) is 0 Å². The summed E-state index contributed by atoms with van der Waals surface area (Å²) in [6, 6.07) is 7.68. The van der Waals surface area contributed by atoms with E-state index in [1.54, 1.807) is 18.9 Å². The van der Waals surface area contributed by atoms with Gasteiger partial charge in [0.25, 0.3) is 0 Å². The molecule has 0 bridgehead atoms. The number of methoxy groups -OCH3 is 1. The predicted molar refractivity (Wildman–Crippen MR) is 97.6 cm³/mol. The summed E-state index contributed by atoms with van der Waals surface area (Å²) >= 11 is 1.71. The van der Waals surface area contributed by atoms with Crippen LogP contribution in [0.2, 0.25) is 0 Å². The molecule has 1 aliphatic rings. The molecule has 1 aliphatic heterocycles. The molecule has 0 spiro atoms. The van der Waals surface area contributed by atoms with E-state index in [4.69, 9.17) is 9.47 Å². The number of nitrogens with zero attached hydrogens (tertiary/aromatic N) is 1. The van der Waals surface area contributed by atoms with E-state index in [9.17, 15) is 0 Å². The Kier molecular flexibility index (Phi) is 7.21. The molecular weight excluding hydrogens is 308 g/mol. The van der Waals surface area contributed by atoms with Crippen LogP contribution in [0.4, 0.5) is 0 Å². The van der Waals surface area contributed by atoms with Crippen LogP contribution in [0.3, 0.4) is 0 Å². The average molecular weight is 339 g/mol. The Morgan fingerprint density at radius 3 is 2.52 bits per heavy atom. The zero-order valence-electron chi connectivity index (χ0n) is 15.0. The van der Waals surface area contributed by atoms with E-state index < -0.39 is 0 Å². The minimum Gasteiger partial charge on any atom is -0.496 e. The number of hydrogen-bond donors (Lipinski definition) is 1. The fraction of sp³-hybridized carbons (Fsp3) is 0.667. The van der Waals surface area contributed by atoms with E-state index in [1.165, 1.54) is 10.5 Å². The third kappa shape index (κ3) is 4.86. The quantitative estimate of drug-likeness (QED) is 0.772. The molecule has 4 nitrogen and oxygen atoms in total. The van der Waals surface area contributed by atoms with Crippen LogP contribution in [0, 0.1) is 0 Å². The lowest BCUT2D eigenvalue weighted by Crippen LogP contribution is -2.51. The maximum Gasteiger partial charge on any atom is 0.132 e. The lowest BCUT2D eigenvalue weighted by molar-refractivity contribution is 0.0129. The Morgan fingerprint density at radius 1 is 1.22 bits per heavy atom.